The maximum atomic E-state index is 13.5. The largest absolute Gasteiger partial charge is 0.756 e. The standard InChI is InChI=1S/C68H127N2O7P/c1-7-10-13-16-19-22-25-28-30-32-33-34-35-36-37-39-41-43-46-49-52-55-58-61-68(72)77-66(59-56-53-50-47-44-27-24-21-18-15-12-9-3)65(64-76-78(73,74)75-63-62-70(4,5)6)69-67(71)60-57-54-51-48-45-42-40-38-31-29-26-23-20-17-14-11-8-2/h19,22,28-31,33-34,56,59,65-66H,7-18,20-21,23-27,32,35-55,57-58,60-64H2,1-6H3,(H-,69,71,73,74)/b22-19-,30-28-,31-29+,34-33-,59-56-. The van der Waals surface area contributed by atoms with Crippen LogP contribution in [0.25, 0.3) is 0 Å². The fourth-order valence-corrected chi connectivity index (χ4v) is 10.2. The SMILES string of the molecule is CCCCC/C=C\C/C=C\C/C=C\CCCCCCCCCCCCC(=O)OC(/C=C\CCCCCCCCCCCC)C(COP(=O)([O-])OCC[N+](C)(C)C)NC(=O)CCCCCCCCC/C=C/CCCCCCCC. The van der Waals surface area contributed by atoms with E-state index in [9.17, 15) is 19.0 Å². The van der Waals surface area contributed by atoms with Gasteiger partial charge in [-0.1, -0.05) is 262 Å². The quantitative estimate of drug-likeness (QED) is 0.0212. The monoisotopic (exact) mass is 1110 g/mol. The number of likely N-dealkylation sites (N-methyl/N-ethyl adjacent to an activating group) is 1. The van der Waals surface area contributed by atoms with Crippen LogP contribution >= 0.6 is 7.82 Å². The first kappa shape index (κ1) is 75.7. The number of carbonyl (C=O) groups excluding carboxylic acids is 2. The van der Waals surface area contributed by atoms with Gasteiger partial charge in [0.2, 0.25) is 5.91 Å². The van der Waals surface area contributed by atoms with Gasteiger partial charge in [0.15, 0.2) is 0 Å². The van der Waals surface area contributed by atoms with Gasteiger partial charge in [0.05, 0.1) is 33.8 Å². The summed E-state index contributed by atoms with van der Waals surface area (Å²) in [6, 6.07) is -0.893. The number of rotatable bonds is 60. The van der Waals surface area contributed by atoms with Gasteiger partial charge < -0.3 is 28.5 Å². The number of carbonyl (C=O) groups is 2. The molecule has 0 aromatic rings. The molecule has 1 amide bonds. The zero-order chi connectivity index (χ0) is 57.2. The van der Waals surface area contributed by atoms with Gasteiger partial charge in [0.25, 0.3) is 7.82 Å². The van der Waals surface area contributed by atoms with Gasteiger partial charge in [-0.3, -0.25) is 14.2 Å². The van der Waals surface area contributed by atoms with Crippen LogP contribution in [-0.2, 0) is 27.9 Å². The summed E-state index contributed by atoms with van der Waals surface area (Å²) in [6.07, 6.45) is 73.3. The number of quaternary nitrogens is 1. The number of unbranched alkanes of at least 4 members (excludes halogenated alkanes) is 36. The lowest BCUT2D eigenvalue weighted by Gasteiger charge is -2.30. The molecule has 9 nitrogen and oxygen atoms in total. The van der Waals surface area contributed by atoms with Crippen molar-refractivity contribution >= 4 is 19.7 Å². The molecule has 0 heterocycles. The molecule has 1 N–H and O–H groups in total. The van der Waals surface area contributed by atoms with E-state index in [1.54, 1.807) is 0 Å². The Morgan fingerprint density at radius 2 is 0.782 bits per heavy atom. The van der Waals surface area contributed by atoms with Crippen LogP contribution in [0.1, 0.15) is 310 Å². The molecule has 0 aliphatic rings. The Morgan fingerprint density at radius 3 is 1.21 bits per heavy atom. The molecule has 0 radical (unpaired) electrons. The van der Waals surface area contributed by atoms with Crippen LogP contribution < -0.4 is 10.2 Å². The van der Waals surface area contributed by atoms with E-state index >= 15 is 0 Å². The summed E-state index contributed by atoms with van der Waals surface area (Å²) in [5, 5.41) is 3.03. The minimum atomic E-state index is -4.70. The van der Waals surface area contributed by atoms with Gasteiger partial charge in [-0.15, -0.1) is 0 Å². The van der Waals surface area contributed by atoms with E-state index in [1.807, 2.05) is 33.3 Å². The Balaban J connectivity index is 5.16. The van der Waals surface area contributed by atoms with Crippen LogP contribution in [-0.4, -0.2) is 69.4 Å². The second-order valence-electron chi connectivity index (χ2n) is 23.6. The third kappa shape index (κ3) is 58.4. The van der Waals surface area contributed by atoms with Crippen LogP contribution in [0.5, 0.6) is 0 Å². The van der Waals surface area contributed by atoms with Crippen molar-refractivity contribution in [3.63, 3.8) is 0 Å². The molecule has 0 rings (SSSR count). The molecule has 3 unspecified atom stereocenters. The summed E-state index contributed by atoms with van der Waals surface area (Å²) in [6.45, 7) is 6.83. The number of allylic oxidation sites excluding steroid dienone is 9. The highest BCUT2D eigenvalue weighted by Gasteiger charge is 2.27. The zero-order valence-corrected chi connectivity index (χ0v) is 53.0. The lowest BCUT2D eigenvalue weighted by molar-refractivity contribution is -0.870. The summed E-state index contributed by atoms with van der Waals surface area (Å²) in [7, 11) is 1.18. The summed E-state index contributed by atoms with van der Waals surface area (Å²) in [4.78, 5) is 40.1. The molecule has 0 spiro atoms. The maximum Gasteiger partial charge on any atom is 0.306 e. The molecule has 10 heteroatoms. The van der Waals surface area contributed by atoms with Crippen LogP contribution in [0.3, 0.4) is 0 Å². The normalized spacial score (nSPS) is 14.0. The molecule has 0 aliphatic carbocycles. The third-order valence-corrected chi connectivity index (χ3v) is 15.6. The number of amides is 1. The van der Waals surface area contributed by atoms with E-state index in [4.69, 9.17) is 13.8 Å². The average Bonchev–Trinajstić information content (AvgIpc) is 3.40. The Hall–Kier alpha value is -2.29. The highest BCUT2D eigenvalue weighted by molar-refractivity contribution is 7.45. The van der Waals surface area contributed by atoms with Crippen molar-refractivity contribution in [1.82, 2.24) is 5.32 Å². The van der Waals surface area contributed by atoms with E-state index < -0.39 is 26.6 Å². The molecule has 0 saturated heterocycles. The molecule has 78 heavy (non-hydrogen) atoms. The van der Waals surface area contributed by atoms with Gasteiger partial charge in [-0.2, -0.15) is 0 Å². The molecule has 0 aromatic carbocycles. The van der Waals surface area contributed by atoms with Crippen molar-refractivity contribution in [3.05, 3.63) is 60.8 Å². The Bertz CT molecular complexity index is 1520. The van der Waals surface area contributed by atoms with E-state index in [-0.39, 0.29) is 24.9 Å². The predicted octanol–water partition coefficient (Wildman–Crippen LogP) is 20.0. The van der Waals surface area contributed by atoms with Crippen LogP contribution in [0.2, 0.25) is 0 Å². The molecule has 0 saturated carbocycles. The van der Waals surface area contributed by atoms with Gasteiger partial charge in [-0.25, -0.2) is 0 Å². The summed E-state index contributed by atoms with van der Waals surface area (Å²) < 4.78 is 30.4. The number of nitrogens with one attached hydrogen (secondary N) is 1. The maximum absolute atomic E-state index is 13.5. The van der Waals surface area contributed by atoms with Gasteiger partial charge in [0, 0.05) is 12.8 Å². The summed E-state index contributed by atoms with van der Waals surface area (Å²) in [5.41, 5.74) is 0. The first-order valence-corrected chi connectivity index (χ1v) is 34.6. The lowest BCUT2D eigenvalue weighted by atomic mass is 10.0. The number of phosphoric ester groups is 1. The van der Waals surface area contributed by atoms with Crippen molar-refractivity contribution in [2.75, 3.05) is 40.9 Å². The molecule has 0 bridgehead atoms. The molecule has 3 atom stereocenters. The second kappa shape index (κ2) is 57.9. The number of esters is 1. The van der Waals surface area contributed by atoms with E-state index in [0.29, 0.717) is 17.4 Å². The van der Waals surface area contributed by atoms with Crippen LogP contribution in [0, 0.1) is 0 Å². The summed E-state index contributed by atoms with van der Waals surface area (Å²) in [5.74, 6) is -0.543. The van der Waals surface area contributed by atoms with Gasteiger partial charge in [-0.05, 0) is 96.0 Å². The van der Waals surface area contributed by atoms with Gasteiger partial charge >= 0.3 is 5.97 Å². The number of ether oxygens (including phenoxy) is 1. The summed E-state index contributed by atoms with van der Waals surface area (Å²) >= 11 is 0. The van der Waals surface area contributed by atoms with Crippen molar-refractivity contribution in [1.29, 1.82) is 0 Å². The zero-order valence-electron chi connectivity index (χ0n) is 52.1. The highest BCUT2D eigenvalue weighted by atomic mass is 31.2. The van der Waals surface area contributed by atoms with Crippen molar-refractivity contribution in [2.45, 2.75) is 322 Å². The average molecular weight is 1120 g/mol. The number of nitrogens with zero attached hydrogens (tertiary/aromatic N) is 1. The van der Waals surface area contributed by atoms with Gasteiger partial charge in [0.1, 0.15) is 19.3 Å². The predicted molar refractivity (Wildman–Crippen MR) is 335 cm³/mol. The minimum Gasteiger partial charge on any atom is -0.756 e. The van der Waals surface area contributed by atoms with Crippen LogP contribution in [0.15, 0.2) is 60.8 Å². The lowest BCUT2D eigenvalue weighted by Crippen LogP contribution is -2.47. The molecule has 0 fully saturated rings. The number of hydrogen-bond donors (Lipinski definition) is 1. The smallest absolute Gasteiger partial charge is 0.306 e. The molecular formula is C68H127N2O7P. The molecule has 0 aromatic heterocycles. The van der Waals surface area contributed by atoms with Crippen molar-refractivity contribution in [2.24, 2.45) is 0 Å². The first-order chi connectivity index (χ1) is 37.9. The Morgan fingerprint density at radius 1 is 0.449 bits per heavy atom. The molecule has 0 aliphatic heterocycles. The number of phosphoric acid groups is 1. The van der Waals surface area contributed by atoms with Crippen LogP contribution in [0.4, 0.5) is 0 Å². The second-order valence-corrected chi connectivity index (χ2v) is 25.0. The fourth-order valence-electron chi connectivity index (χ4n) is 9.52. The molecular weight excluding hydrogens is 988 g/mol. The van der Waals surface area contributed by atoms with Crippen molar-refractivity contribution in [3.8, 4) is 0 Å². The van der Waals surface area contributed by atoms with Crippen molar-refractivity contribution < 1.29 is 37.3 Å². The topological polar surface area (TPSA) is 114 Å². The Kier molecular flexibility index (Phi) is 56.2. The minimum absolute atomic E-state index is 0.0242. The van der Waals surface area contributed by atoms with E-state index in [0.717, 1.165) is 83.5 Å². The first-order valence-electron chi connectivity index (χ1n) is 33.1. The number of hydrogen-bond acceptors (Lipinski definition) is 7. The van der Waals surface area contributed by atoms with E-state index in [1.165, 1.54) is 193 Å². The fraction of sp³-hybridized carbons (Fsp3) is 0.824. The van der Waals surface area contributed by atoms with E-state index in [2.05, 4.69) is 74.7 Å². The molecule has 456 valence electrons. The highest BCUT2D eigenvalue weighted by Crippen LogP contribution is 2.38. The third-order valence-electron chi connectivity index (χ3n) is 14.7. The Labute approximate surface area is 483 Å².